The lowest BCUT2D eigenvalue weighted by atomic mass is 9.97. The maximum Gasteiger partial charge on any atom is 0.243 e. The number of hydrazine groups is 1. The fourth-order valence-electron chi connectivity index (χ4n) is 4.88. The number of carbonyl (C=O) groups is 1. The summed E-state index contributed by atoms with van der Waals surface area (Å²) in [5, 5.41) is 18.6. The Kier molecular flexibility index (Phi) is 9.06. The molecular weight excluding hydrogens is 446 g/mol. The fraction of sp³-hybridized carbons (Fsp3) is 0.323. The normalized spacial score (nSPS) is 19.7. The van der Waals surface area contributed by atoms with E-state index >= 15 is 0 Å². The number of aliphatic hydroxyl groups excluding tert-OH is 1. The van der Waals surface area contributed by atoms with Gasteiger partial charge in [0.25, 0.3) is 0 Å². The third-order valence-corrected chi connectivity index (χ3v) is 6.85. The molecule has 0 unspecified atom stereocenters. The number of nitrogens with one attached hydrogen (secondary N) is 1. The summed E-state index contributed by atoms with van der Waals surface area (Å²) in [7, 11) is 0. The van der Waals surface area contributed by atoms with Gasteiger partial charge in [0.05, 0.1) is 18.2 Å². The maximum atomic E-state index is 13.7. The largest absolute Gasteiger partial charge is 0.391 e. The lowest BCUT2D eigenvalue weighted by Crippen LogP contribution is -2.61. The maximum absolute atomic E-state index is 13.7. The molecular formula is C31H37N3O2. The highest BCUT2D eigenvalue weighted by atomic mass is 16.3. The Morgan fingerprint density at radius 3 is 2.00 bits per heavy atom. The first kappa shape index (κ1) is 25.8. The predicted octanol–water partition coefficient (Wildman–Crippen LogP) is 5.25. The van der Waals surface area contributed by atoms with E-state index in [1.165, 1.54) is 0 Å². The Morgan fingerprint density at radius 2 is 1.47 bits per heavy atom. The lowest BCUT2D eigenvalue weighted by Gasteiger charge is -2.47. The second kappa shape index (κ2) is 12.6. The van der Waals surface area contributed by atoms with Crippen LogP contribution in [0.3, 0.4) is 0 Å². The van der Waals surface area contributed by atoms with Crippen LogP contribution in [0.1, 0.15) is 49.4 Å². The first-order valence-electron chi connectivity index (χ1n) is 12.9. The molecule has 3 aromatic rings. The standard InChI is InChI=1S/C31H37N3O2/c1-3-30(35)28-20-13-21-29(31(36)32-24(2)27-18-11-6-12-19-27)34(28)33(22-25-14-7-4-8-15-25)23-26-16-9-5-10-17-26/h4-19,21,24,28-30,35H,3,20,22-23H2,1-2H3,(H,32,36)/t24-,28+,29-,30+/m1/s1. The molecule has 0 spiro atoms. The molecule has 0 aliphatic carbocycles. The topological polar surface area (TPSA) is 55.8 Å². The molecule has 3 aromatic carbocycles. The van der Waals surface area contributed by atoms with E-state index < -0.39 is 12.1 Å². The summed E-state index contributed by atoms with van der Waals surface area (Å²) < 4.78 is 0. The average Bonchev–Trinajstić information content (AvgIpc) is 2.93. The lowest BCUT2D eigenvalue weighted by molar-refractivity contribution is -0.154. The predicted molar refractivity (Wildman–Crippen MR) is 145 cm³/mol. The van der Waals surface area contributed by atoms with Crippen LogP contribution >= 0.6 is 0 Å². The van der Waals surface area contributed by atoms with Gasteiger partial charge in [-0.25, -0.2) is 10.0 Å². The van der Waals surface area contributed by atoms with Crippen LogP contribution < -0.4 is 5.32 Å². The number of hydrogen-bond donors (Lipinski definition) is 2. The molecule has 188 valence electrons. The number of amides is 1. The van der Waals surface area contributed by atoms with Crippen molar-refractivity contribution in [3.05, 3.63) is 120 Å². The smallest absolute Gasteiger partial charge is 0.243 e. The number of benzene rings is 3. The van der Waals surface area contributed by atoms with Crippen molar-refractivity contribution in [3.63, 3.8) is 0 Å². The van der Waals surface area contributed by atoms with Gasteiger partial charge in [-0.05, 0) is 36.5 Å². The highest BCUT2D eigenvalue weighted by Gasteiger charge is 2.39. The molecule has 2 N–H and O–H groups in total. The van der Waals surface area contributed by atoms with Gasteiger partial charge in [-0.3, -0.25) is 4.79 Å². The van der Waals surface area contributed by atoms with Gasteiger partial charge >= 0.3 is 0 Å². The van der Waals surface area contributed by atoms with Crippen molar-refractivity contribution in [1.82, 2.24) is 15.3 Å². The summed E-state index contributed by atoms with van der Waals surface area (Å²) in [6.45, 7) is 5.27. The van der Waals surface area contributed by atoms with Gasteiger partial charge in [0.2, 0.25) is 5.91 Å². The molecule has 1 aliphatic rings. The van der Waals surface area contributed by atoms with E-state index in [1.807, 2.05) is 92.7 Å². The van der Waals surface area contributed by atoms with Gasteiger partial charge in [-0.15, -0.1) is 0 Å². The summed E-state index contributed by atoms with van der Waals surface area (Å²) in [6.07, 6.45) is 4.78. The van der Waals surface area contributed by atoms with Crippen molar-refractivity contribution in [2.24, 2.45) is 0 Å². The van der Waals surface area contributed by atoms with E-state index in [9.17, 15) is 9.90 Å². The number of aliphatic hydroxyl groups is 1. The molecule has 5 heteroatoms. The Bertz CT molecular complexity index is 1060. The van der Waals surface area contributed by atoms with Crippen LogP contribution in [0.2, 0.25) is 0 Å². The second-order valence-electron chi connectivity index (χ2n) is 9.47. The second-order valence-corrected chi connectivity index (χ2v) is 9.47. The minimum atomic E-state index is -0.550. The summed E-state index contributed by atoms with van der Waals surface area (Å²) >= 11 is 0. The van der Waals surface area contributed by atoms with Gasteiger partial charge in [0.15, 0.2) is 0 Å². The van der Waals surface area contributed by atoms with Gasteiger partial charge in [0, 0.05) is 13.1 Å². The van der Waals surface area contributed by atoms with Gasteiger partial charge in [-0.1, -0.05) is 110 Å². The molecule has 1 heterocycles. The van der Waals surface area contributed by atoms with E-state index in [-0.39, 0.29) is 18.0 Å². The molecule has 1 amide bonds. The molecule has 0 saturated heterocycles. The van der Waals surface area contributed by atoms with Crippen molar-refractivity contribution < 1.29 is 9.90 Å². The molecule has 5 nitrogen and oxygen atoms in total. The minimum absolute atomic E-state index is 0.0678. The molecule has 0 radical (unpaired) electrons. The molecule has 1 aliphatic heterocycles. The Labute approximate surface area is 215 Å². The van der Waals surface area contributed by atoms with Gasteiger partial charge < -0.3 is 10.4 Å². The molecule has 4 atom stereocenters. The summed E-state index contributed by atoms with van der Waals surface area (Å²) in [4.78, 5) is 13.7. The van der Waals surface area contributed by atoms with Gasteiger partial charge in [0.1, 0.15) is 6.04 Å². The molecule has 0 aromatic heterocycles. The van der Waals surface area contributed by atoms with E-state index in [0.29, 0.717) is 25.9 Å². The quantitative estimate of drug-likeness (QED) is 0.387. The van der Waals surface area contributed by atoms with Crippen molar-refractivity contribution in [1.29, 1.82) is 0 Å². The minimum Gasteiger partial charge on any atom is -0.391 e. The van der Waals surface area contributed by atoms with Crippen molar-refractivity contribution >= 4 is 5.91 Å². The highest BCUT2D eigenvalue weighted by Crippen LogP contribution is 2.27. The number of carbonyl (C=O) groups excluding carboxylic acids is 1. The summed E-state index contributed by atoms with van der Waals surface area (Å²) in [5.74, 6) is -0.0678. The van der Waals surface area contributed by atoms with E-state index in [0.717, 1.165) is 16.7 Å². The van der Waals surface area contributed by atoms with Crippen LogP contribution in [0.4, 0.5) is 0 Å². The molecule has 0 fully saturated rings. The van der Waals surface area contributed by atoms with Crippen molar-refractivity contribution in [2.45, 2.75) is 64.0 Å². The Balaban J connectivity index is 1.67. The van der Waals surface area contributed by atoms with Crippen molar-refractivity contribution in [2.75, 3.05) is 0 Å². The van der Waals surface area contributed by atoms with Crippen LogP contribution in [0.15, 0.2) is 103 Å². The van der Waals surface area contributed by atoms with Crippen LogP contribution in [0, 0.1) is 0 Å². The fourth-order valence-corrected chi connectivity index (χ4v) is 4.88. The zero-order valence-electron chi connectivity index (χ0n) is 21.2. The first-order valence-corrected chi connectivity index (χ1v) is 12.9. The first-order chi connectivity index (χ1) is 17.6. The summed E-state index contributed by atoms with van der Waals surface area (Å²) in [5.41, 5.74) is 3.38. The van der Waals surface area contributed by atoms with Crippen LogP contribution in [0.25, 0.3) is 0 Å². The van der Waals surface area contributed by atoms with Crippen LogP contribution in [-0.2, 0) is 17.9 Å². The average molecular weight is 484 g/mol. The van der Waals surface area contributed by atoms with E-state index in [2.05, 4.69) is 39.6 Å². The van der Waals surface area contributed by atoms with Crippen LogP contribution in [0.5, 0.6) is 0 Å². The number of nitrogens with zero attached hydrogens (tertiary/aromatic N) is 2. The number of rotatable bonds is 10. The Morgan fingerprint density at radius 1 is 0.944 bits per heavy atom. The third kappa shape index (κ3) is 6.49. The zero-order chi connectivity index (χ0) is 25.3. The molecule has 36 heavy (non-hydrogen) atoms. The monoisotopic (exact) mass is 483 g/mol. The highest BCUT2D eigenvalue weighted by molar-refractivity contribution is 5.84. The molecule has 4 rings (SSSR count). The zero-order valence-corrected chi connectivity index (χ0v) is 21.2. The van der Waals surface area contributed by atoms with E-state index in [1.54, 1.807) is 0 Å². The number of hydrogen-bond acceptors (Lipinski definition) is 4. The van der Waals surface area contributed by atoms with Crippen molar-refractivity contribution in [3.8, 4) is 0 Å². The molecule has 0 bridgehead atoms. The van der Waals surface area contributed by atoms with Crippen LogP contribution in [-0.4, -0.2) is 39.2 Å². The SMILES string of the molecule is CC[C@H](O)[C@@H]1CC=C[C@H](C(=O)N[C@H](C)c2ccccc2)N1N(Cc1ccccc1)Cc1ccccc1. The van der Waals surface area contributed by atoms with E-state index in [4.69, 9.17) is 0 Å². The Hall–Kier alpha value is -3.25. The summed E-state index contributed by atoms with van der Waals surface area (Å²) in [6, 6.07) is 29.8. The molecule has 0 saturated carbocycles. The third-order valence-electron chi connectivity index (χ3n) is 6.85. The van der Waals surface area contributed by atoms with Gasteiger partial charge in [-0.2, -0.15) is 0 Å².